The number of methoxy groups -OCH3 is 1. The van der Waals surface area contributed by atoms with Crippen LogP contribution in [-0.4, -0.2) is 7.11 Å². The Morgan fingerprint density at radius 2 is 2.15 bits per heavy atom. The largest absolute Gasteiger partial charge is 0.495 e. The molecule has 3 nitrogen and oxygen atoms in total. The van der Waals surface area contributed by atoms with Gasteiger partial charge in [0.05, 0.1) is 12.8 Å². The molecule has 0 aliphatic heterocycles. The van der Waals surface area contributed by atoms with Gasteiger partial charge in [0.2, 0.25) is 0 Å². The number of anilines is 1. The van der Waals surface area contributed by atoms with Crippen LogP contribution in [0.15, 0.2) is 18.2 Å². The van der Waals surface area contributed by atoms with Crippen molar-refractivity contribution in [2.45, 2.75) is 19.4 Å². The van der Waals surface area contributed by atoms with E-state index in [-0.39, 0.29) is 6.04 Å². The van der Waals surface area contributed by atoms with Crippen molar-refractivity contribution >= 4 is 5.69 Å². The molecule has 0 aliphatic carbocycles. The summed E-state index contributed by atoms with van der Waals surface area (Å²) in [6.07, 6.45) is 0.910. The minimum absolute atomic E-state index is 0.0644. The third-order valence-corrected chi connectivity index (χ3v) is 2.13. The highest BCUT2D eigenvalue weighted by atomic mass is 16.5. The van der Waals surface area contributed by atoms with Crippen LogP contribution in [0.25, 0.3) is 0 Å². The molecule has 0 aromatic heterocycles. The third kappa shape index (κ3) is 2.12. The first-order valence-corrected chi connectivity index (χ1v) is 4.38. The number of nitrogens with two attached hydrogens (primary N) is 2. The predicted molar refractivity (Wildman–Crippen MR) is 54.6 cm³/mol. The van der Waals surface area contributed by atoms with Crippen LogP contribution >= 0.6 is 0 Å². The molecule has 4 N–H and O–H groups in total. The Kier molecular flexibility index (Phi) is 3.14. The van der Waals surface area contributed by atoms with Gasteiger partial charge in [0.25, 0.3) is 0 Å². The van der Waals surface area contributed by atoms with Crippen molar-refractivity contribution in [3.63, 3.8) is 0 Å². The maximum atomic E-state index is 5.87. The Labute approximate surface area is 78.7 Å². The SMILES string of the molecule is CC[C@@H](N)c1ccc(N)c(OC)c1. The summed E-state index contributed by atoms with van der Waals surface area (Å²) in [7, 11) is 1.60. The lowest BCUT2D eigenvalue weighted by Gasteiger charge is -2.11. The number of nitrogen functional groups attached to an aromatic ring is 1. The zero-order valence-electron chi connectivity index (χ0n) is 8.08. The summed E-state index contributed by atoms with van der Waals surface area (Å²) in [5.74, 6) is 0.696. The minimum Gasteiger partial charge on any atom is -0.495 e. The first-order chi connectivity index (χ1) is 6.19. The summed E-state index contributed by atoms with van der Waals surface area (Å²) in [4.78, 5) is 0. The third-order valence-electron chi connectivity index (χ3n) is 2.13. The van der Waals surface area contributed by atoms with Gasteiger partial charge in [-0.15, -0.1) is 0 Å². The molecular formula is C10H16N2O. The molecule has 72 valence electrons. The van der Waals surface area contributed by atoms with E-state index in [1.807, 2.05) is 25.1 Å². The Balaban J connectivity index is 2.99. The Bertz CT molecular complexity index is 286. The molecule has 1 aromatic carbocycles. The van der Waals surface area contributed by atoms with E-state index >= 15 is 0 Å². The summed E-state index contributed by atoms with van der Waals surface area (Å²) < 4.78 is 5.10. The number of benzene rings is 1. The Hall–Kier alpha value is -1.22. The molecule has 0 saturated heterocycles. The fraction of sp³-hybridized carbons (Fsp3) is 0.400. The van der Waals surface area contributed by atoms with Gasteiger partial charge in [-0.1, -0.05) is 13.0 Å². The van der Waals surface area contributed by atoms with E-state index in [4.69, 9.17) is 16.2 Å². The molecule has 0 bridgehead atoms. The van der Waals surface area contributed by atoms with Crippen molar-refractivity contribution in [1.82, 2.24) is 0 Å². The van der Waals surface area contributed by atoms with Crippen molar-refractivity contribution in [3.05, 3.63) is 23.8 Å². The molecule has 0 saturated carbocycles. The number of hydrogen-bond acceptors (Lipinski definition) is 3. The van der Waals surface area contributed by atoms with Gasteiger partial charge in [0, 0.05) is 6.04 Å². The summed E-state index contributed by atoms with van der Waals surface area (Å²) >= 11 is 0. The summed E-state index contributed by atoms with van der Waals surface area (Å²) in [5, 5.41) is 0. The van der Waals surface area contributed by atoms with Gasteiger partial charge in [0.15, 0.2) is 0 Å². The van der Waals surface area contributed by atoms with Crippen molar-refractivity contribution in [3.8, 4) is 5.75 Å². The van der Waals surface area contributed by atoms with E-state index in [1.165, 1.54) is 0 Å². The van der Waals surface area contributed by atoms with Gasteiger partial charge in [-0.2, -0.15) is 0 Å². The first-order valence-electron chi connectivity index (χ1n) is 4.38. The van der Waals surface area contributed by atoms with Crippen molar-refractivity contribution in [2.75, 3.05) is 12.8 Å². The standard InChI is InChI=1S/C10H16N2O/c1-3-8(11)7-4-5-9(12)10(6-7)13-2/h4-6,8H,3,11-12H2,1-2H3/t8-/m1/s1. The lowest BCUT2D eigenvalue weighted by atomic mass is 10.0. The fourth-order valence-electron chi connectivity index (χ4n) is 1.19. The topological polar surface area (TPSA) is 61.3 Å². The smallest absolute Gasteiger partial charge is 0.142 e. The molecule has 13 heavy (non-hydrogen) atoms. The van der Waals surface area contributed by atoms with Gasteiger partial charge in [-0.3, -0.25) is 0 Å². The van der Waals surface area contributed by atoms with E-state index in [9.17, 15) is 0 Å². The Morgan fingerprint density at radius 1 is 1.46 bits per heavy atom. The van der Waals surface area contributed by atoms with E-state index in [2.05, 4.69) is 0 Å². The minimum atomic E-state index is 0.0644. The average Bonchev–Trinajstić information content (AvgIpc) is 2.17. The molecule has 1 aromatic rings. The van der Waals surface area contributed by atoms with E-state index in [1.54, 1.807) is 7.11 Å². The molecule has 3 heteroatoms. The second kappa shape index (κ2) is 4.14. The van der Waals surface area contributed by atoms with Crippen LogP contribution in [0, 0.1) is 0 Å². The second-order valence-corrected chi connectivity index (χ2v) is 3.02. The zero-order valence-corrected chi connectivity index (χ0v) is 8.08. The van der Waals surface area contributed by atoms with Gasteiger partial charge >= 0.3 is 0 Å². The van der Waals surface area contributed by atoms with Crippen molar-refractivity contribution in [1.29, 1.82) is 0 Å². The van der Waals surface area contributed by atoms with Gasteiger partial charge < -0.3 is 16.2 Å². The fourth-order valence-corrected chi connectivity index (χ4v) is 1.19. The van der Waals surface area contributed by atoms with Crippen LogP contribution in [0.5, 0.6) is 5.75 Å². The van der Waals surface area contributed by atoms with Crippen LogP contribution in [-0.2, 0) is 0 Å². The van der Waals surface area contributed by atoms with Gasteiger partial charge in [0.1, 0.15) is 5.75 Å². The molecule has 0 aliphatic rings. The lowest BCUT2D eigenvalue weighted by Crippen LogP contribution is -2.08. The average molecular weight is 180 g/mol. The quantitative estimate of drug-likeness (QED) is 0.696. The maximum absolute atomic E-state index is 5.87. The molecule has 0 fully saturated rings. The van der Waals surface area contributed by atoms with Crippen molar-refractivity contribution < 1.29 is 4.74 Å². The summed E-state index contributed by atoms with van der Waals surface area (Å²) in [5.41, 5.74) is 13.3. The zero-order chi connectivity index (χ0) is 9.84. The normalized spacial score (nSPS) is 12.5. The first kappa shape index (κ1) is 9.86. The van der Waals surface area contributed by atoms with Crippen LogP contribution in [0.2, 0.25) is 0 Å². The van der Waals surface area contributed by atoms with Crippen LogP contribution in [0.1, 0.15) is 24.9 Å². The molecule has 0 unspecified atom stereocenters. The molecular weight excluding hydrogens is 164 g/mol. The van der Waals surface area contributed by atoms with Crippen LogP contribution in [0.3, 0.4) is 0 Å². The van der Waals surface area contributed by atoms with Gasteiger partial charge in [-0.25, -0.2) is 0 Å². The molecule has 0 radical (unpaired) electrons. The maximum Gasteiger partial charge on any atom is 0.142 e. The number of ether oxygens (including phenoxy) is 1. The highest BCUT2D eigenvalue weighted by Gasteiger charge is 2.06. The van der Waals surface area contributed by atoms with Crippen LogP contribution < -0.4 is 16.2 Å². The second-order valence-electron chi connectivity index (χ2n) is 3.02. The molecule has 1 rings (SSSR count). The van der Waals surface area contributed by atoms with Crippen LogP contribution in [0.4, 0.5) is 5.69 Å². The number of hydrogen-bond donors (Lipinski definition) is 2. The van der Waals surface area contributed by atoms with Gasteiger partial charge in [-0.05, 0) is 24.1 Å². The van der Waals surface area contributed by atoms with E-state index in [0.717, 1.165) is 12.0 Å². The summed E-state index contributed by atoms with van der Waals surface area (Å²) in [6, 6.07) is 5.72. The molecule has 0 amide bonds. The lowest BCUT2D eigenvalue weighted by molar-refractivity contribution is 0.416. The molecule has 1 atom stereocenters. The molecule has 0 spiro atoms. The monoisotopic (exact) mass is 180 g/mol. The Morgan fingerprint density at radius 3 is 2.69 bits per heavy atom. The number of rotatable bonds is 3. The molecule has 0 heterocycles. The van der Waals surface area contributed by atoms with E-state index < -0.39 is 0 Å². The summed E-state index contributed by atoms with van der Waals surface area (Å²) in [6.45, 7) is 2.05. The highest BCUT2D eigenvalue weighted by molar-refractivity contribution is 5.54. The predicted octanol–water partition coefficient (Wildman–Crippen LogP) is 1.69. The van der Waals surface area contributed by atoms with Crippen molar-refractivity contribution in [2.24, 2.45) is 5.73 Å². The van der Waals surface area contributed by atoms with E-state index in [0.29, 0.717) is 11.4 Å². The highest BCUT2D eigenvalue weighted by Crippen LogP contribution is 2.25.